The van der Waals surface area contributed by atoms with Crippen LogP contribution in [0.25, 0.3) is 0 Å². The summed E-state index contributed by atoms with van der Waals surface area (Å²) >= 11 is 0. The molecule has 5 nitrogen and oxygen atoms in total. The van der Waals surface area contributed by atoms with Gasteiger partial charge < -0.3 is 9.79 Å². The Labute approximate surface area is 153 Å². The average Bonchev–Trinajstić information content (AvgIpc) is 2.56. The van der Waals surface area contributed by atoms with Gasteiger partial charge in [-0.3, -0.25) is 4.57 Å². The maximum atomic E-state index is 10.7. The highest BCUT2D eigenvalue weighted by atomic mass is 31.2. The van der Waals surface area contributed by atoms with Gasteiger partial charge in [0, 0.05) is 6.16 Å². The molecule has 2 N–H and O–H groups in total. The fraction of sp³-hybridized carbons (Fsp3) is 0.947. The van der Waals surface area contributed by atoms with E-state index in [1.807, 2.05) is 0 Å². The van der Waals surface area contributed by atoms with Gasteiger partial charge in [0.05, 0.1) is 6.54 Å². The van der Waals surface area contributed by atoms with Gasteiger partial charge in [-0.1, -0.05) is 89.9 Å². The number of hydrogen-bond donors (Lipinski definition) is 2. The van der Waals surface area contributed by atoms with Gasteiger partial charge >= 0.3 is 7.60 Å². The molecule has 0 heterocycles. The van der Waals surface area contributed by atoms with Crippen LogP contribution < -0.4 is 0 Å². The van der Waals surface area contributed by atoms with Crippen molar-refractivity contribution in [1.29, 1.82) is 0 Å². The summed E-state index contributed by atoms with van der Waals surface area (Å²) in [6, 6.07) is 0. The van der Waals surface area contributed by atoms with Crippen LogP contribution in [0.4, 0.5) is 0 Å². The first-order valence-electron chi connectivity index (χ1n) is 10.1. The molecule has 0 unspecified atom stereocenters. The molecule has 0 aliphatic carbocycles. The Kier molecular flexibility index (Phi) is 18.0. The molecule has 0 rings (SSSR count). The molecule has 6 heteroatoms. The predicted octanol–water partition coefficient (Wildman–Crippen LogP) is 5.74. The Morgan fingerprint density at radius 1 is 0.600 bits per heavy atom. The first kappa shape index (κ1) is 24.5. The zero-order chi connectivity index (χ0) is 18.6. The minimum atomic E-state index is -3.77. The summed E-state index contributed by atoms with van der Waals surface area (Å²) < 4.78 is 10.7. The number of rotatable bonds is 19. The Bertz CT molecular complexity index is 378. The van der Waals surface area contributed by atoms with Crippen LogP contribution in [0.1, 0.15) is 103 Å². The fourth-order valence-corrected chi connectivity index (χ4v) is 3.66. The van der Waals surface area contributed by atoms with E-state index in [-0.39, 0.29) is 6.16 Å². The van der Waals surface area contributed by atoms with Gasteiger partial charge in [0.15, 0.2) is 0 Å². The second-order valence-electron chi connectivity index (χ2n) is 7.02. The van der Waals surface area contributed by atoms with E-state index < -0.39 is 7.60 Å². The summed E-state index contributed by atoms with van der Waals surface area (Å²) in [7, 11) is -3.77. The van der Waals surface area contributed by atoms with E-state index in [9.17, 15) is 9.36 Å². The highest BCUT2D eigenvalue weighted by molar-refractivity contribution is 7.51. The molecule has 0 radical (unpaired) electrons. The molecule has 0 saturated carbocycles. The van der Waals surface area contributed by atoms with Crippen molar-refractivity contribution in [3.05, 3.63) is 0 Å². The van der Waals surface area contributed by atoms with E-state index in [0.29, 0.717) is 13.0 Å². The molecule has 25 heavy (non-hydrogen) atoms. The topological polar surface area (TPSA) is 87.0 Å². The third-order valence-electron chi connectivity index (χ3n) is 4.53. The van der Waals surface area contributed by atoms with E-state index in [2.05, 4.69) is 4.99 Å². The van der Waals surface area contributed by atoms with Crippen LogP contribution in [0.5, 0.6) is 0 Å². The zero-order valence-electron chi connectivity index (χ0n) is 15.8. The van der Waals surface area contributed by atoms with Crippen molar-refractivity contribution in [2.45, 2.75) is 103 Å². The second kappa shape index (κ2) is 18.3. The lowest BCUT2D eigenvalue weighted by Crippen LogP contribution is -1.88. The van der Waals surface area contributed by atoms with Crippen LogP contribution in [0.15, 0.2) is 4.99 Å². The van der Waals surface area contributed by atoms with Crippen LogP contribution in [-0.4, -0.2) is 28.6 Å². The molecule has 0 atom stereocenters. The third-order valence-corrected chi connectivity index (χ3v) is 5.43. The van der Waals surface area contributed by atoms with E-state index in [1.165, 1.54) is 77.0 Å². The summed E-state index contributed by atoms with van der Waals surface area (Å²) in [5.74, 6) is 0. The number of isocyanates is 1. The number of carbonyl (C=O) groups excluding carboxylic acids is 1. The van der Waals surface area contributed by atoms with Crippen molar-refractivity contribution >= 4 is 13.7 Å². The molecule has 148 valence electrons. The molecule has 0 saturated heterocycles. The number of unbranched alkanes of at least 4 members (excludes halogenated alkanes) is 15. The van der Waals surface area contributed by atoms with E-state index in [4.69, 9.17) is 9.79 Å². The molecule has 0 aromatic rings. The summed E-state index contributed by atoms with van der Waals surface area (Å²) in [6.45, 7) is 0.636. The lowest BCUT2D eigenvalue weighted by atomic mass is 10.0. The van der Waals surface area contributed by atoms with Crippen LogP contribution in [-0.2, 0) is 9.36 Å². The summed E-state index contributed by atoms with van der Waals surface area (Å²) in [4.78, 5) is 31.0. The lowest BCUT2D eigenvalue weighted by molar-refractivity contribution is 0.370. The molecule has 0 bridgehead atoms. The van der Waals surface area contributed by atoms with Gasteiger partial charge in [-0.15, -0.1) is 0 Å². The Morgan fingerprint density at radius 3 is 1.24 bits per heavy atom. The minimum absolute atomic E-state index is 0.0434. The van der Waals surface area contributed by atoms with Crippen LogP contribution in [0.2, 0.25) is 0 Å². The maximum absolute atomic E-state index is 10.7. The van der Waals surface area contributed by atoms with Gasteiger partial charge in [0.1, 0.15) is 0 Å². The van der Waals surface area contributed by atoms with Crippen molar-refractivity contribution in [1.82, 2.24) is 0 Å². The predicted molar refractivity (Wildman–Crippen MR) is 104 cm³/mol. The van der Waals surface area contributed by atoms with Crippen molar-refractivity contribution in [2.75, 3.05) is 12.7 Å². The molecular weight excluding hydrogens is 337 g/mol. The fourth-order valence-electron chi connectivity index (χ4n) is 3.03. The molecule has 0 spiro atoms. The molecule has 0 aromatic heterocycles. The van der Waals surface area contributed by atoms with Crippen molar-refractivity contribution in [2.24, 2.45) is 4.99 Å². The first-order chi connectivity index (χ1) is 12.1. The second-order valence-corrected chi connectivity index (χ2v) is 8.79. The van der Waals surface area contributed by atoms with Gasteiger partial charge in [-0.05, 0) is 12.8 Å². The van der Waals surface area contributed by atoms with E-state index in [1.54, 1.807) is 6.08 Å². The summed E-state index contributed by atoms with van der Waals surface area (Å²) in [5, 5.41) is 0. The van der Waals surface area contributed by atoms with Crippen molar-refractivity contribution in [3.63, 3.8) is 0 Å². The number of aliphatic imine (C=N–C) groups is 1. The average molecular weight is 375 g/mol. The highest BCUT2D eigenvalue weighted by Crippen LogP contribution is 2.35. The van der Waals surface area contributed by atoms with Crippen molar-refractivity contribution in [3.8, 4) is 0 Å². The quantitative estimate of drug-likeness (QED) is 0.130. The van der Waals surface area contributed by atoms with Gasteiger partial charge in [-0.25, -0.2) is 9.79 Å². The van der Waals surface area contributed by atoms with Crippen LogP contribution >= 0.6 is 7.60 Å². The maximum Gasteiger partial charge on any atom is 0.325 e. The minimum Gasteiger partial charge on any atom is -0.324 e. The first-order valence-corrected chi connectivity index (χ1v) is 11.9. The lowest BCUT2D eigenvalue weighted by Gasteiger charge is -2.04. The molecular formula is C19H38NO4P. The number of nitrogens with zero attached hydrogens (tertiary/aromatic N) is 1. The van der Waals surface area contributed by atoms with Gasteiger partial charge in [0.2, 0.25) is 6.08 Å². The summed E-state index contributed by atoms with van der Waals surface area (Å²) in [5.41, 5.74) is 0. The van der Waals surface area contributed by atoms with Gasteiger partial charge in [-0.2, -0.15) is 0 Å². The highest BCUT2D eigenvalue weighted by Gasteiger charge is 2.10. The Balaban J connectivity index is 3.05. The van der Waals surface area contributed by atoms with Crippen LogP contribution in [0, 0.1) is 0 Å². The standard InChI is InChI=1S/C19H38NO4P/c21-19-20-17-15-13-11-9-7-5-3-1-2-4-6-8-10-12-14-16-18-25(22,23)24/h1-18H2,(H2,22,23,24). The SMILES string of the molecule is O=C=NCCCCCCCCCCCCCCCCCCP(=O)(O)O. The van der Waals surface area contributed by atoms with Gasteiger partial charge in [0.25, 0.3) is 0 Å². The normalized spacial score (nSPS) is 11.4. The summed E-state index contributed by atoms with van der Waals surface area (Å²) in [6.07, 6.45) is 20.8. The molecule has 0 amide bonds. The third kappa shape index (κ3) is 23.5. The smallest absolute Gasteiger partial charge is 0.324 e. The largest absolute Gasteiger partial charge is 0.325 e. The molecule has 0 fully saturated rings. The Hall–Kier alpha value is -0.470. The molecule has 0 aromatic carbocycles. The zero-order valence-corrected chi connectivity index (χ0v) is 16.7. The molecule has 0 aliphatic heterocycles. The van der Waals surface area contributed by atoms with E-state index in [0.717, 1.165) is 19.3 Å². The van der Waals surface area contributed by atoms with Crippen LogP contribution in [0.3, 0.4) is 0 Å². The number of hydrogen-bond acceptors (Lipinski definition) is 3. The molecule has 0 aliphatic rings. The monoisotopic (exact) mass is 375 g/mol. The van der Waals surface area contributed by atoms with E-state index >= 15 is 0 Å². The van der Waals surface area contributed by atoms with Crippen molar-refractivity contribution < 1.29 is 19.1 Å². The Morgan fingerprint density at radius 2 is 0.920 bits per heavy atom.